The van der Waals surface area contributed by atoms with E-state index in [0.29, 0.717) is 33.6 Å². The Kier molecular flexibility index (Phi) is 4.59. The number of hydrogen-bond acceptors (Lipinski definition) is 4. The Morgan fingerprint density at radius 1 is 1.24 bits per heavy atom. The first-order valence-corrected chi connectivity index (χ1v) is 9.54. The van der Waals surface area contributed by atoms with E-state index >= 15 is 0 Å². The summed E-state index contributed by atoms with van der Waals surface area (Å²) in [5.74, 6) is 7.24. The number of nitrogens with one attached hydrogen (secondary N) is 1. The molecule has 3 N–H and O–H groups in total. The molecule has 0 spiro atoms. The number of aryl methyl sites for hydroxylation is 1. The van der Waals surface area contributed by atoms with Gasteiger partial charge in [0.05, 0.1) is 11.2 Å². The molecule has 1 aliphatic heterocycles. The first-order valence-electron chi connectivity index (χ1n) is 9.16. The molecule has 0 radical (unpaired) electrons. The Labute approximate surface area is 173 Å². The molecule has 4 rings (SSSR count). The lowest BCUT2D eigenvalue weighted by Crippen LogP contribution is -2.49. The van der Waals surface area contributed by atoms with Crippen molar-refractivity contribution >= 4 is 29.0 Å². The number of carbonyl (C=O) groups excluding carboxylic acids is 1. The average Bonchev–Trinajstić information content (AvgIpc) is 3.03. The predicted molar refractivity (Wildman–Crippen MR) is 111 cm³/mol. The summed E-state index contributed by atoms with van der Waals surface area (Å²) in [5, 5.41) is 4.99. The summed E-state index contributed by atoms with van der Waals surface area (Å²) in [4.78, 5) is 17.1. The zero-order chi connectivity index (χ0) is 20.9. The number of halogens is 2. The number of hydrogen-bond donors (Lipinski definition) is 2. The molecular weight excluding hydrogens is 393 g/mol. The van der Waals surface area contributed by atoms with E-state index in [9.17, 15) is 9.18 Å². The lowest BCUT2D eigenvalue weighted by atomic mass is 10.0. The summed E-state index contributed by atoms with van der Waals surface area (Å²) in [7, 11) is 0. The van der Waals surface area contributed by atoms with E-state index in [2.05, 4.69) is 5.32 Å². The van der Waals surface area contributed by atoms with Gasteiger partial charge in [0.2, 0.25) is 5.91 Å². The number of fused-ring (bicyclic) bond motifs is 1. The van der Waals surface area contributed by atoms with Crippen molar-refractivity contribution in [3.05, 3.63) is 64.7 Å². The molecule has 0 saturated carbocycles. The molecule has 6 nitrogen and oxygen atoms in total. The molecular formula is C21H21ClFN5O. The Bertz CT molecular complexity index is 1110. The van der Waals surface area contributed by atoms with Crippen LogP contribution in [-0.2, 0) is 16.9 Å². The molecule has 0 atom stereocenters. The van der Waals surface area contributed by atoms with E-state index in [1.165, 1.54) is 17.1 Å². The predicted octanol–water partition coefficient (Wildman–Crippen LogP) is 4.03. The maximum absolute atomic E-state index is 13.5. The third-order valence-corrected chi connectivity index (χ3v) is 5.44. The number of carbonyl (C=O) groups is 1. The molecule has 0 bridgehead atoms. The Hall–Kier alpha value is -2.90. The first kappa shape index (κ1) is 19.4. The van der Waals surface area contributed by atoms with E-state index in [4.69, 9.17) is 22.4 Å². The van der Waals surface area contributed by atoms with Crippen LogP contribution in [0.5, 0.6) is 0 Å². The number of hydrazine groups is 1. The second-order valence-corrected chi connectivity index (χ2v) is 8.08. The summed E-state index contributed by atoms with van der Waals surface area (Å²) >= 11 is 6.29. The van der Waals surface area contributed by atoms with Gasteiger partial charge in [-0.3, -0.25) is 9.80 Å². The Morgan fingerprint density at radius 2 is 1.93 bits per heavy atom. The third-order valence-electron chi connectivity index (χ3n) is 5.03. The minimum absolute atomic E-state index is 0.0790. The molecule has 1 aromatic heterocycles. The standard InChI is InChI=1S/C21H21ClFN5O/c1-12-4-9-15(10-16(12)22)28(24)19-18(13-5-7-14(23)8-6-13)25-20-21(2,3)26-17(29)11-27(19)20/h4-10H,11,24H2,1-3H3,(H,26,29). The lowest BCUT2D eigenvalue weighted by Gasteiger charge is -2.32. The van der Waals surface area contributed by atoms with E-state index in [1.54, 1.807) is 22.8 Å². The lowest BCUT2D eigenvalue weighted by molar-refractivity contribution is -0.124. The van der Waals surface area contributed by atoms with Crippen molar-refractivity contribution in [3.8, 4) is 11.3 Å². The minimum Gasteiger partial charge on any atom is -0.342 e. The van der Waals surface area contributed by atoms with Crippen molar-refractivity contribution in [2.75, 3.05) is 5.01 Å². The highest BCUT2D eigenvalue weighted by Gasteiger charge is 2.37. The molecule has 150 valence electrons. The maximum Gasteiger partial charge on any atom is 0.240 e. The van der Waals surface area contributed by atoms with Gasteiger partial charge in [0.1, 0.15) is 23.9 Å². The normalized spacial score (nSPS) is 15.0. The fourth-order valence-corrected chi connectivity index (χ4v) is 3.73. The molecule has 0 fully saturated rings. The van der Waals surface area contributed by atoms with Crippen molar-refractivity contribution in [2.24, 2.45) is 5.84 Å². The molecule has 3 aromatic rings. The van der Waals surface area contributed by atoms with Gasteiger partial charge in [0, 0.05) is 10.6 Å². The van der Waals surface area contributed by atoms with Crippen LogP contribution in [0.25, 0.3) is 11.3 Å². The highest BCUT2D eigenvalue weighted by Crippen LogP contribution is 2.39. The van der Waals surface area contributed by atoms with E-state index in [1.807, 2.05) is 32.9 Å². The second kappa shape index (κ2) is 6.86. The summed E-state index contributed by atoms with van der Waals surface area (Å²) in [6.07, 6.45) is 0. The minimum atomic E-state index is -0.686. The van der Waals surface area contributed by atoms with Crippen LogP contribution in [0.1, 0.15) is 25.2 Å². The highest BCUT2D eigenvalue weighted by atomic mass is 35.5. The average molecular weight is 414 g/mol. The van der Waals surface area contributed by atoms with Gasteiger partial charge in [-0.05, 0) is 62.7 Å². The second-order valence-electron chi connectivity index (χ2n) is 7.68. The van der Waals surface area contributed by atoms with Crippen LogP contribution in [-0.4, -0.2) is 15.5 Å². The summed E-state index contributed by atoms with van der Waals surface area (Å²) in [6, 6.07) is 11.5. The van der Waals surface area contributed by atoms with Gasteiger partial charge in [0.25, 0.3) is 0 Å². The number of aromatic nitrogens is 2. The van der Waals surface area contributed by atoms with E-state index in [-0.39, 0.29) is 18.3 Å². The van der Waals surface area contributed by atoms with E-state index < -0.39 is 5.54 Å². The van der Waals surface area contributed by atoms with Crippen molar-refractivity contribution in [3.63, 3.8) is 0 Å². The molecule has 1 amide bonds. The number of anilines is 2. The first-order chi connectivity index (χ1) is 13.7. The van der Waals surface area contributed by atoms with Crippen LogP contribution >= 0.6 is 11.6 Å². The fourth-order valence-electron chi connectivity index (χ4n) is 3.56. The van der Waals surface area contributed by atoms with Crippen molar-refractivity contribution < 1.29 is 9.18 Å². The summed E-state index contributed by atoms with van der Waals surface area (Å²) in [5.41, 5.74) is 2.14. The molecule has 2 aromatic carbocycles. The molecule has 0 saturated heterocycles. The van der Waals surface area contributed by atoms with Crippen molar-refractivity contribution in [2.45, 2.75) is 32.9 Å². The van der Waals surface area contributed by atoms with Gasteiger partial charge in [-0.1, -0.05) is 17.7 Å². The molecule has 29 heavy (non-hydrogen) atoms. The van der Waals surface area contributed by atoms with Gasteiger partial charge in [-0.25, -0.2) is 15.2 Å². The largest absolute Gasteiger partial charge is 0.342 e. The van der Waals surface area contributed by atoms with Gasteiger partial charge in [0.15, 0.2) is 5.82 Å². The molecule has 0 aliphatic carbocycles. The van der Waals surface area contributed by atoms with Crippen LogP contribution in [0, 0.1) is 12.7 Å². The van der Waals surface area contributed by atoms with Crippen LogP contribution < -0.4 is 16.2 Å². The van der Waals surface area contributed by atoms with Crippen LogP contribution in [0.4, 0.5) is 15.9 Å². The Balaban J connectivity index is 1.95. The summed E-state index contributed by atoms with van der Waals surface area (Å²) in [6.45, 7) is 5.75. The SMILES string of the molecule is Cc1ccc(N(N)c2c(-c3ccc(F)cc3)nc3n2CC(=O)NC3(C)C)cc1Cl. The van der Waals surface area contributed by atoms with Gasteiger partial charge in [-0.2, -0.15) is 0 Å². The van der Waals surface area contributed by atoms with E-state index in [0.717, 1.165) is 5.56 Å². The quantitative estimate of drug-likeness (QED) is 0.502. The van der Waals surface area contributed by atoms with Crippen LogP contribution in [0.2, 0.25) is 5.02 Å². The molecule has 0 unspecified atom stereocenters. The van der Waals surface area contributed by atoms with Crippen LogP contribution in [0.3, 0.4) is 0 Å². The fraction of sp³-hybridized carbons (Fsp3) is 0.238. The van der Waals surface area contributed by atoms with Gasteiger partial charge in [-0.15, -0.1) is 0 Å². The van der Waals surface area contributed by atoms with Crippen molar-refractivity contribution in [1.82, 2.24) is 14.9 Å². The Morgan fingerprint density at radius 3 is 2.59 bits per heavy atom. The zero-order valence-corrected chi connectivity index (χ0v) is 17.1. The molecule has 2 heterocycles. The van der Waals surface area contributed by atoms with Crippen molar-refractivity contribution in [1.29, 1.82) is 0 Å². The zero-order valence-electron chi connectivity index (χ0n) is 16.3. The number of amides is 1. The van der Waals surface area contributed by atoms with Crippen LogP contribution in [0.15, 0.2) is 42.5 Å². The third kappa shape index (κ3) is 3.36. The molecule has 1 aliphatic rings. The van der Waals surface area contributed by atoms with Gasteiger partial charge >= 0.3 is 0 Å². The number of rotatable bonds is 3. The highest BCUT2D eigenvalue weighted by molar-refractivity contribution is 6.31. The number of nitrogens with zero attached hydrogens (tertiary/aromatic N) is 3. The smallest absolute Gasteiger partial charge is 0.240 e. The number of imidazole rings is 1. The maximum atomic E-state index is 13.5. The number of benzene rings is 2. The topological polar surface area (TPSA) is 76.2 Å². The molecule has 8 heteroatoms. The number of nitrogens with two attached hydrogens (primary N) is 1. The monoisotopic (exact) mass is 413 g/mol. The summed E-state index contributed by atoms with van der Waals surface area (Å²) < 4.78 is 15.3. The van der Waals surface area contributed by atoms with Gasteiger partial charge < -0.3 is 9.88 Å².